The first-order chi connectivity index (χ1) is 29.1. The van der Waals surface area contributed by atoms with Crippen LogP contribution in [0.1, 0.15) is 62.9 Å². The number of aromatic nitrogens is 3. The summed E-state index contributed by atoms with van der Waals surface area (Å²) in [6, 6.07) is 55.6. The third-order valence-electron chi connectivity index (χ3n) is 12.0. The largest absolute Gasteiger partial charge is 0.455 e. The molecule has 2 atom stereocenters. The molecule has 0 amide bonds. The smallest absolute Gasteiger partial charge is 0.144 e. The number of furan rings is 1. The van der Waals surface area contributed by atoms with Crippen LogP contribution in [0.25, 0.3) is 54.7 Å². The standard InChI is InChI=1S/C53H41N3O/c1-34-31-45(56-51(35(34)2)53(4,39-20-9-6-10-21-39)47-24-14-16-30-55-47)44-33-40(52(3,38-18-7-5-8-19-38)46-23-13-15-29-54-46)32-43-42-28-27-37-26-25-36-17-11-12-22-41(36)48(37)50(42)57-49(43)44/h5-33H,1-4H3/i2D3. The lowest BCUT2D eigenvalue weighted by Gasteiger charge is -2.32. The molecule has 0 saturated carbocycles. The van der Waals surface area contributed by atoms with E-state index < -0.39 is 17.7 Å². The molecule has 274 valence electrons. The second-order valence-electron chi connectivity index (χ2n) is 15.3. The molecule has 57 heavy (non-hydrogen) atoms. The third-order valence-corrected chi connectivity index (χ3v) is 12.0. The maximum Gasteiger partial charge on any atom is 0.144 e. The van der Waals surface area contributed by atoms with Crippen LogP contribution in [0.4, 0.5) is 0 Å². The van der Waals surface area contributed by atoms with E-state index in [2.05, 4.69) is 97.9 Å². The highest BCUT2D eigenvalue weighted by molar-refractivity contribution is 6.24. The highest BCUT2D eigenvalue weighted by Gasteiger charge is 2.38. The topological polar surface area (TPSA) is 51.8 Å². The van der Waals surface area contributed by atoms with E-state index in [1.807, 2.05) is 92.8 Å². The summed E-state index contributed by atoms with van der Waals surface area (Å²) in [6.07, 6.45) is 3.59. The summed E-state index contributed by atoms with van der Waals surface area (Å²) < 4.78 is 34.0. The lowest BCUT2D eigenvalue weighted by Crippen LogP contribution is -2.29. The van der Waals surface area contributed by atoms with E-state index in [9.17, 15) is 0 Å². The molecule has 0 fully saturated rings. The SMILES string of the molecule is [2H]C([2H])([2H])c1c(C)cc(-c2cc(C(C)(c3ccccc3)c3ccccn3)cc3c2oc2c3ccc3ccc4ccccc4c32)nc1C(C)(c1ccccc1)c1ccccn1. The zero-order valence-corrected chi connectivity index (χ0v) is 32.0. The van der Waals surface area contributed by atoms with Gasteiger partial charge in [-0.1, -0.05) is 115 Å². The average Bonchev–Trinajstić information content (AvgIpc) is 3.67. The van der Waals surface area contributed by atoms with Crippen molar-refractivity contribution in [1.82, 2.24) is 15.0 Å². The average molecular weight is 739 g/mol. The number of benzene rings is 6. The number of nitrogens with zero attached hydrogens (tertiary/aromatic N) is 3. The first-order valence-corrected chi connectivity index (χ1v) is 19.3. The highest BCUT2D eigenvalue weighted by Crippen LogP contribution is 2.47. The van der Waals surface area contributed by atoms with Crippen molar-refractivity contribution in [2.75, 3.05) is 0 Å². The van der Waals surface area contributed by atoms with Crippen LogP contribution >= 0.6 is 0 Å². The Morgan fingerprint density at radius 1 is 0.526 bits per heavy atom. The molecule has 10 rings (SSSR count). The van der Waals surface area contributed by atoms with Crippen molar-refractivity contribution in [1.29, 1.82) is 0 Å². The second kappa shape index (κ2) is 13.4. The lowest BCUT2D eigenvalue weighted by atomic mass is 9.72. The minimum Gasteiger partial charge on any atom is -0.455 e. The molecular formula is C53H41N3O. The van der Waals surface area contributed by atoms with Gasteiger partial charge in [0.25, 0.3) is 0 Å². The van der Waals surface area contributed by atoms with E-state index >= 15 is 0 Å². The molecule has 6 aromatic carbocycles. The van der Waals surface area contributed by atoms with Gasteiger partial charge in [-0.25, -0.2) is 0 Å². The zero-order valence-electron chi connectivity index (χ0n) is 35.0. The predicted octanol–water partition coefficient (Wildman–Crippen LogP) is 13.1. The molecule has 4 nitrogen and oxygen atoms in total. The van der Waals surface area contributed by atoms with Gasteiger partial charge in [0.1, 0.15) is 11.2 Å². The van der Waals surface area contributed by atoms with Gasteiger partial charge in [-0.15, -0.1) is 0 Å². The Bertz CT molecular complexity index is 3140. The first kappa shape index (κ1) is 31.3. The Morgan fingerprint density at radius 2 is 1.14 bits per heavy atom. The van der Waals surface area contributed by atoms with Crippen LogP contribution in [-0.4, -0.2) is 15.0 Å². The van der Waals surface area contributed by atoms with E-state index in [-0.39, 0.29) is 5.56 Å². The molecule has 0 bridgehead atoms. The van der Waals surface area contributed by atoms with Crippen molar-refractivity contribution in [3.05, 3.63) is 221 Å². The van der Waals surface area contributed by atoms with E-state index in [1.165, 1.54) is 0 Å². The number of aryl methyl sites for hydroxylation is 1. The van der Waals surface area contributed by atoms with Crippen LogP contribution < -0.4 is 0 Å². The molecule has 4 heteroatoms. The Balaban J connectivity index is 1.36. The summed E-state index contributed by atoms with van der Waals surface area (Å²) in [5.74, 6) is 0. The van der Waals surface area contributed by atoms with Gasteiger partial charge in [0, 0.05) is 38.2 Å². The van der Waals surface area contributed by atoms with Gasteiger partial charge < -0.3 is 4.42 Å². The fourth-order valence-corrected chi connectivity index (χ4v) is 8.80. The normalized spacial score (nSPS) is 14.9. The minimum absolute atomic E-state index is 0.209. The summed E-state index contributed by atoms with van der Waals surface area (Å²) in [7, 11) is 0. The second-order valence-corrected chi connectivity index (χ2v) is 15.3. The quantitative estimate of drug-likeness (QED) is 0.153. The number of hydrogen-bond acceptors (Lipinski definition) is 4. The number of fused-ring (bicyclic) bond motifs is 7. The summed E-state index contributed by atoms with van der Waals surface area (Å²) in [5, 5.41) is 6.27. The summed E-state index contributed by atoms with van der Waals surface area (Å²) in [6.45, 7) is 3.65. The molecule has 10 aromatic rings. The van der Waals surface area contributed by atoms with Gasteiger partial charge in [-0.2, -0.15) is 0 Å². The fourth-order valence-electron chi connectivity index (χ4n) is 8.80. The fraction of sp³-hybridized carbons (Fsp3) is 0.113. The van der Waals surface area contributed by atoms with Crippen LogP contribution in [0.3, 0.4) is 0 Å². The van der Waals surface area contributed by atoms with Gasteiger partial charge in [-0.05, 0) is 120 Å². The van der Waals surface area contributed by atoms with Gasteiger partial charge >= 0.3 is 0 Å². The van der Waals surface area contributed by atoms with E-state index in [0.29, 0.717) is 28.2 Å². The van der Waals surface area contributed by atoms with Crippen LogP contribution in [0.15, 0.2) is 181 Å². The van der Waals surface area contributed by atoms with E-state index in [1.54, 1.807) is 6.20 Å². The third kappa shape index (κ3) is 5.39. The van der Waals surface area contributed by atoms with E-state index in [4.69, 9.17) is 23.5 Å². The molecule has 2 unspecified atom stereocenters. The van der Waals surface area contributed by atoms with Crippen LogP contribution in [0, 0.1) is 13.8 Å². The van der Waals surface area contributed by atoms with Gasteiger partial charge in [-0.3, -0.25) is 15.0 Å². The highest BCUT2D eigenvalue weighted by atomic mass is 16.3. The lowest BCUT2D eigenvalue weighted by molar-refractivity contribution is 0.635. The van der Waals surface area contributed by atoms with Crippen molar-refractivity contribution in [3.63, 3.8) is 0 Å². The molecular weight excluding hydrogens is 695 g/mol. The van der Waals surface area contributed by atoms with Crippen molar-refractivity contribution in [2.24, 2.45) is 0 Å². The van der Waals surface area contributed by atoms with Gasteiger partial charge in [0.2, 0.25) is 0 Å². The van der Waals surface area contributed by atoms with Crippen LogP contribution in [0.2, 0.25) is 0 Å². The van der Waals surface area contributed by atoms with Crippen LogP contribution in [-0.2, 0) is 10.8 Å². The molecule has 0 radical (unpaired) electrons. The molecule has 0 aliphatic carbocycles. The Labute approximate surface area is 336 Å². The molecule has 0 aliphatic heterocycles. The number of rotatable bonds is 7. The van der Waals surface area contributed by atoms with Gasteiger partial charge in [0.05, 0.1) is 33.6 Å². The van der Waals surface area contributed by atoms with Crippen molar-refractivity contribution in [3.8, 4) is 11.3 Å². The zero-order chi connectivity index (χ0) is 41.2. The predicted molar refractivity (Wildman–Crippen MR) is 234 cm³/mol. The molecule has 0 aliphatic rings. The van der Waals surface area contributed by atoms with Gasteiger partial charge in [0.15, 0.2) is 0 Å². The number of pyridine rings is 3. The first-order valence-electron chi connectivity index (χ1n) is 20.8. The molecule has 4 aromatic heterocycles. The van der Waals surface area contributed by atoms with E-state index in [0.717, 1.165) is 65.8 Å². The molecule has 4 heterocycles. The Morgan fingerprint density at radius 3 is 1.82 bits per heavy atom. The molecule has 0 saturated heterocycles. The van der Waals surface area contributed by atoms with Crippen molar-refractivity contribution >= 4 is 43.5 Å². The molecule has 0 N–H and O–H groups in total. The monoisotopic (exact) mass is 738 g/mol. The maximum absolute atomic E-state index is 8.94. The summed E-state index contributed by atoms with van der Waals surface area (Å²) in [5.41, 5.74) is 6.83. The molecule has 0 spiro atoms. The summed E-state index contributed by atoms with van der Waals surface area (Å²) in [4.78, 5) is 15.3. The van der Waals surface area contributed by atoms with Crippen molar-refractivity contribution < 1.29 is 8.53 Å². The summed E-state index contributed by atoms with van der Waals surface area (Å²) >= 11 is 0. The Hall–Kier alpha value is -6.91. The Kier molecular flexibility index (Phi) is 7.35. The van der Waals surface area contributed by atoms with Crippen LogP contribution in [0.5, 0.6) is 0 Å². The number of hydrogen-bond donors (Lipinski definition) is 0. The minimum atomic E-state index is -2.48. The van der Waals surface area contributed by atoms with Crippen molar-refractivity contribution in [2.45, 2.75) is 38.5 Å². The maximum atomic E-state index is 8.94.